The van der Waals surface area contributed by atoms with Crippen molar-refractivity contribution in [3.63, 3.8) is 0 Å². The third kappa shape index (κ3) is 3.95. The summed E-state index contributed by atoms with van der Waals surface area (Å²) in [6, 6.07) is 8.78. The summed E-state index contributed by atoms with van der Waals surface area (Å²) in [4.78, 5) is 36.4. The highest BCUT2D eigenvalue weighted by atomic mass is 35.5. The lowest BCUT2D eigenvalue weighted by molar-refractivity contribution is -0.385. The van der Waals surface area contributed by atoms with Gasteiger partial charge in [0.05, 0.1) is 15.6 Å². The van der Waals surface area contributed by atoms with Crippen LogP contribution in [0, 0.1) is 17.0 Å². The second-order valence-corrected chi connectivity index (χ2v) is 5.96. The predicted octanol–water partition coefficient (Wildman–Crippen LogP) is 3.51. The molecule has 0 aliphatic carbocycles. The molecule has 0 heterocycles. The molecule has 0 bridgehead atoms. The van der Waals surface area contributed by atoms with Crippen LogP contribution in [-0.2, 0) is 0 Å². The summed E-state index contributed by atoms with van der Waals surface area (Å²) in [5, 5.41) is 13.9. The van der Waals surface area contributed by atoms with Crippen molar-refractivity contribution in [1.29, 1.82) is 0 Å². The number of carbonyl (C=O) groups is 2. The molecule has 1 N–H and O–H groups in total. The molecule has 0 saturated heterocycles. The molecular formula is C17H16ClN3O4. The maximum absolute atomic E-state index is 12.5. The highest BCUT2D eigenvalue weighted by Gasteiger charge is 2.19. The summed E-state index contributed by atoms with van der Waals surface area (Å²) in [6.45, 7) is 1.50. The topological polar surface area (TPSA) is 92.6 Å². The van der Waals surface area contributed by atoms with Gasteiger partial charge in [-0.3, -0.25) is 19.7 Å². The van der Waals surface area contributed by atoms with Gasteiger partial charge in [0.15, 0.2) is 0 Å². The van der Waals surface area contributed by atoms with E-state index in [1.807, 2.05) is 0 Å². The van der Waals surface area contributed by atoms with Crippen molar-refractivity contribution in [1.82, 2.24) is 4.90 Å². The fraction of sp³-hybridized carbons (Fsp3) is 0.176. The molecule has 0 atom stereocenters. The molecule has 2 rings (SSSR count). The molecule has 8 heteroatoms. The van der Waals surface area contributed by atoms with E-state index in [0.29, 0.717) is 5.56 Å². The molecule has 0 aliphatic rings. The molecular weight excluding hydrogens is 346 g/mol. The number of nitrogens with one attached hydrogen (secondary N) is 1. The number of nitro benzene ring substituents is 1. The first-order valence-corrected chi connectivity index (χ1v) is 7.66. The van der Waals surface area contributed by atoms with Gasteiger partial charge in [-0.1, -0.05) is 17.7 Å². The number of hydrogen-bond donors (Lipinski definition) is 1. The molecule has 0 spiro atoms. The van der Waals surface area contributed by atoms with E-state index in [1.165, 1.54) is 42.2 Å². The molecule has 0 saturated carbocycles. The lowest BCUT2D eigenvalue weighted by Crippen LogP contribution is -2.22. The monoisotopic (exact) mass is 361 g/mol. The number of anilines is 1. The minimum absolute atomic E-state index is 0.143. The molecule has 0 aromatic heterocycles. The fourth-order valence-corrected chi connectivity index (χ4v) is 2.43. The van der Waals surface area contributed by atoms with Gasteiger partial charge in [-0.2, -0.15) is 0 Å². The van der Waals surface area contributed by atoms with Crippen molar-refractivity contribution in [3.05, 3.63) is 68.2 Å². The number of amides is 2. The molecule has 2 aromatic rings. The van der Waals surface area contributed by atoms with Crippen molar-refractivity contribution in [3.8, 4) is 0 Å². The van der Waals surface area contributed by atoms with E-state index in [-0.39, 0.29) is 33.4 Å². The minimum Gasteiger partial charge on any atom is -0.345 e. The van der Waals surface area contributed by atoms with E-state index in [2.05, 4.69) is 5.32 Å². The standard InChI is InChI=1S/C17H16ClN3O4/c1-10-12(5-4-6-15(10)21(24)25)16(22)19-14-9-11(7-8-13(14)18)17(23)20(2)3/h4-9H,1-3H3,(H,19,22). The molecule has 0 unspecified atom stereocenters. The van der Waals surface area contributed by atoms with Crippen LogP contribution in [-0.4, -0.2) is 35.7 Å². The first-order valence-electron chi connectivity index (χ1n) is 7.29. The van der Waals surface area contributed by atoms with Crippen LogP contribution in [0.1, 0.15) is 26.3 Å². The van der Waals surface area contributed by atoms with Crippen LogP contribution in [0.15, 0.2) is 36.4 Å². The molecule has 0 fully saturated rings. The SMILES string of the molecule is Cc1c(C(=O)Nc2cc(C(=O)N(C)C)ccc2Cl)cccc1[N+](=O)[O-]. The third-order valence-corrected chi connectivity index (χ3v) is 3.94. The number of nitrogens with zero attached hydrogens (tertiary/aromatic N) is 2. The summed E-state index contributed by atoms with van der Waals surface area (Å²) in [7, 11) is 3.23. The van der Waals surface area contributed by atoms with Crippen molar-refractivity contribution in [2.45, 2.75) is 6.92 Å². The Balaban J connectivity index is 2.36. The Bertz CT molecular complexity index is 865. The van der Waals surface area contributed by atoms with E-state index in [0.717, 1.165) is 0 Å². The lowest BCUT2D eigenvalue weighted by Gasteiger charge is -2.13. The summed E-state index contributed by atoms with van der Waals surface area (Å²) < 4.78 is 0. The zero-order valence-electron chi connectivity index (χ0n) is 13.9. The average molecular weight is 362 g/mol. The van der Waals surface area contributed by atoms with Crippen molar-refractivity contribution in [2.24, 2.45) is 0 Å². The Morgan fingerprint density at radius 2 is 1.88 bits per heavy atom. The Kier molecular flexibility index (Phi) is 5.38. The van der Waals surface area contributed by atoms with Gasteiger partial charge in [-0.25, -0.2) is 0 Å². The molecule has 0 aliphatic heterocycles. The number of hydrogen-bond acceptors (Lipinski definition) is 4. The second kappa shape index (κ2) is 7.31. The Morgan fingerprint density at radius 1 is 1.20 bits per heavy atom. The zero-order valence-corrected chi connectivity index (χ0v) is 14.6. The molecule has 130 valence electrons. The Morgan fingerprint density at radius 3 is 2.48 bits per heavy atom. The summed E-state index contributed by atoms with van der Waals surface area (Å²) in [5.41, 5.74) is 0.886. The van der Waals surface area contributed by atoms with Crippen LogP contribution in [0.25, 0.3) is 0 Å². The van der Waals surface area contributed by atoms with E-state index < -0.39 is 10.8 Å². The van der Waals surface area contributed by atoms with Crippen LogP contribution in [0.2, 0.25) is 5.02 Å². The van der Waals surface area contributed by atoms with Gasteiger partial charge in [0.2, 0.25) is 0 Å². The van der Waals surface area contributed by atoms with Gasteiger partial charge >= 0.3 is 0 Å². The Hall–Kier alpha value is -2.93. The average Bonchev–Trinajstić information content (AvgIpc) is 2.55. The number of carbonyl (C=O) groups excluding carboxylic acids is 2. The van der Waals surface area contributed by atoms with E-state index in [9.17, 15) is 19.7 Å². The first-order chi connectivity index (χ1) is 11.7. The maximum Gasteiger partial charge on any atom is 0.273 e. The fourth-order valence-electron chi connectivity index (χ4n) is 2.27. The van der Waals surface area contributed by atoms with Crippen LogP contribution < -0.4 is 5.32 Å². The van der Waals surface area contributed by atoms with Crippen LogP contribution in [0.5, 0.6) is 0 Å². The lowest BCUT2D eigenvalue weighted by atomic mass is 10.1. The quantitative estimate of drug-likeness (QED) is 0.666. The van der Waals surface area contributed by atoms with Crippen molar-refractivity contribution in [2.75, 3.05) is 19.4 Å². The summed E-state index contributed by atoms with van der Waals surface area (Å²) >= 11 is 6.09. The first kappa shape index (κ1) is 18.4. The van der Waals surface area contributed by atoms with E-state index in [1.54, 1.807) is 20.2 Å². The Labute approximate surface area is 149 Å². The van der Waals surface area contributed by atoms with E-state index >= 15 is 0 Å². The second-order valence-electron chi connectivity index (χ2n) is 5.56. The molecule has 25 heavy (non-hydrogen) atoms. The number of benzene rings is 2. The molecule has 0 radical (unpaired) electrons. The van der Waals surface area contributed by atoms with Crippen molar-refractivity contribution >= 4 is 34.8 Å². The normalized spacial score (nSPS) is 10.2. The maximum atomic E-state index is 12.5. The van der Waals surface area contributed by atoms with E-state index in [4.69, 9.17) is 11.6 Å². The minimum atomic E-state index is -0.546. The predicted molar refractivity (Wildman–Crippen MR) is 95.3 cm³/mol. The summed E-state index contributed by atoms with van der Waals surface area (Å²) in [6.07, 6.45) is 0. The van der Waals surface area contributed by atoms with Gasteiger partial charge in [0.1, 0.15) is 0 Å². The number of halogens is 1. The molecule has 2 amide bonds. The highest BCUT2D eigenvalue weighted by Crippen LogP contribution is 2.26. The number of rotatable bonds is 4. The molecule has 7 nitrogen and oxygen atoms in total. The van der Waals surface area contributed by atoms with Crippen LogP contribution >= 0.6 is 11.6 Å². The van der Waals surface area contributed by atoms with Crippen LogP contribution in [0.4, 0.5) is 11.4 Å². The van der Waals surface area contributed by atoms with Gasteiger partial charge < -0.3 is 10.2 Å². The van der Waals surface area contributed by atoms with Crippen molar-refractivity contribution < 1.29 is 14.5 Å². The smallest absolute Gasteiger partial charge is 0.273 e. The molecule has 2 aromatic carbocycles. The number of nitro groups is 1. The van der Waals surface area contributed by atoms with Gasteiger partial charge in [0, 0.05) is 36.9 Å². The largest absolute Gasteiger partial charge is 0.345 e. The summed E-state index contributed by atoms with van der Waals surface area (Å²) in [5.74, 6) is -0.781. The van der Waals surface area contributed by atoms with Gasteiger partial charge in [-0.15, -0.1) is 0 Å². The zero-order chi connectivity index (χ0) is 18.7. The van der Waals surface area contributed by atoms with Gasteiger partial charge in [-0.05, 0) is 31.2 Å². The van der Waals surface area contributed by atoms with Gasteiger partial charge in [0.25, 0.3) is 17.5 Å². The third-order valence-electron chi connectivity index (χ3n) is 3.61. The van der Waals surface area contributed by atoms with Crippen LogP contribution in [0.3, 0.4) is 0 Å². The highest BCUT2D eigenvalue weighted by molar-refractivity contribution is 6.34.